The van der Waals surface area contributed by atoms with E-state index in [1.165, 1.54) is 0 Å². The highest BCUT2D eigenvalue weighted by atomic mass is 32.2. The van der Waals surface area contributed by atoms with Crippen LogP contribution in [-0.2, 0) is 23.0 Å². The van der Waals surface area contributed by atoms with Gasteiger partial charge in [-0.2, -0.15) is 8.42 Å². The topological polar surface area (TPSA) is 133 Å². The fourth-order valence-corrected chi connectivity index (χ4v) is 5.68. The molecule has 0 fully saturated rings. The molecule has 7 nitrogen and oxygen atoms in total. The first-order valence-corrected chi connectivity index (χ1v) is 13.1. The summed E-state index contributed by atoms with van der Waals surface area (Å²) in [7, 11) is -10.4. The second-order valence-electron chi connectivity index (χ2n) is 7.42. The molecule has 32 heavy (non-hydrogen) atoms. The van der Waals surface area contributed by atoms with Gasteiger partial charge in [0.15, 0.2) is 4.99 Å². The summed E-state index contributed by atoms with van der Waals surface area (Å²) in [5, 5.41) is 0. The van der Waals surface area contributed by atoms with E-state index in [-0.39, 0.29) is 6.42 Å². The first-order chi connectivity index (χ1) is 15.1. The van der Waals surface area contributed by atoms with E-state index in [0.717, 1.165) is 16.7 Å². The summed E-state index contributed by atoms with van der Waals surface area (Å²) >= 11 is 0. The lowest BCUT2D eigenvalue weighted by Crippen LogP contribution is -2.44. The number of hydrogen-bond donors (Lipinski definition) is 1. The van der Waals surface area contributed by atoms with Crippen LogP contribution >= 0.6 is 7.94 Å². The summed E-state index contributed by atoms with van der Waals surface area (Å²) in [5.41, 5.74) is 2.95. The molecule has 0 radical (unpaired) electrons. The highest BCUT2D eigenvalue weighted by Crippen LogP contribution is 2.41. The first kappa shape index (κ1) is 24.3. The molecule has 3 aromatic rings. The predicted octanol–water partition coefficient (Wildman–Crippen LogP) is 2.45. The van der Waals surface area contributed by atoms with Crippen molar-refractivity contribution in [1.29, 1.82) is 0 Å². The van der Waals surface area contributed by atoms with Crippen LogP contribution < -0.4 is 19.4 Å². The van der Waals surface area contributed by atoms with Gasteiger partial charge in [0.05, 0.1) is 0 Å². The maximum Gasteiger partial charge on any atom is 0.301 e. The maximum atomic E-state index is 11.2. The van der Waals surface area contributed by atoms with E-state index in [1.54, 1.807) is 24.3 Å². The highest BCUT2D eigenvalue weighted by Gasteiger charge is 2.30. The molecule has 3 rings (SSSR count). The predicted molar refractivity (Wildman–Crippen MR) is 117 cm³/mol. The Morgan fingerprint density at radius 2 is 1.53 bits per heavy atom. The maximum absolute atomic E-state index is 11.2. The second kappa shape index (κ2) is 10.5. The number of aryl methyl sites for hydroxylation is 1. The summed E-state index contributed by atoms with van der Waals surface area (Å²) in [5.74, 6) is 1.28. The third-order valence-electron chi connectivity index (χ3n) is 4.95. The van der Waals surface area contributed by atoms with E-state index in [4.69, 9.17) is 9.29 Å². The van der Waals surface area contributed by atoms with Crippen molar-refractivity contribution >= 4 is 18.1 Å². The van der Waals surface area contributed by atoms with Gasteiger partial charge in [0, 0.05) is 12.8 Å². The number of hydrogen-bond acceptors (Lipinski definition) is 6. The minimum Gasteiger partial charge on any atom is -0.687 e. The molecule has 1 N–H and O–H groups in total. The van der Waals surface area contributed by atoms with Crippen molar-refractivity contribution in [2.75, 3.05) is 0 Å². The van der Waals surface area contributed by atoms with Crippen LogP contribution in [0.5, 0.6) is 11.5 Å². The fourth-order valence-electron chi connectivity index (χ4n) is 3.41. The number of ether oxygens (including phenoxy) is 1. The van der Waals surface area contributed by atoms with Crippen molar-refractivity contribution in [3.63, 3.8) is 0 Å². The molecule has 170 valence electrons. The van der Waals surface area contributed by atoms with Gasteiger partial charge in [0.1, 0.15) is 11.5 Å². The van der Waals surface area contributed by atoms with Gasteiger partial charge in [-0.1, -0.05) is 60.7 Å². The molecule has 0 heterocycles. The van der Waals surface area contributed by atoms with E-state index in [2.05, 4.69) is 0 Å². The molecule has 0 aromatic heterocycles. The van der Waals surface area contributed by atoms with Crippen LogP contribution in [0, 0.1) is 0 Å². The van der Waals surface area contributed by atoms with E-state index >= 15 is 0 Å². The molecule has 0 aliphatic rings. The minimum absolute atomic E-state index is 0.0903. The molecule has 0 spiro atoms. The number of para-hydroxylation sites is 1. The van der Waals surface area contributed by atoms with Crippen molar-refractivity contribution < 1.29 is 32.4 Å². The SMILES string of the molecule is O=S(=O)(O)C(CCCc1cccc(Oc2ccccc2Cc2ccccc2)c1)[P+]([O-])([O-])[O-]. The first-order valence-electron chi connectivity index (χ1n) is 9.99. The lowest BCUT2D eigenvalue weighted by molar-refractivity contribution is -0.428. The Morgan fingerprint density at radius 3 is 2.22 bits per heavy atom. The Labute approximate surface area is 188 Å². The molecule has 0 aliphatic heterocycles. The van der Waals surface area contributed by atoms with E-state index < -0.39 is 29.5 Å². The quantitative estimate of drug-likeness (QED) is 0.352. The van der Waals surface area contributed by atoms with Crippen molar-refractivity contribution in [3.05, 3.63) is 95.6 Å². The highest BCUT2D eigenvalue weighted by molar-refractivity contribution is 7.94. The summed E-state index contributed by atoms with van der Waals surface area (Å²) in [4.78, 5) is 31.1. The largest absolute Gasteiger partial charge is 0.687 e. The van der Waals surface area contributed by atoms with Crippen molar-refractivity contribution in [1.82, 2.24) is 0 Å². The van der Waals surface area contributed by atoms with Gasteiger partial charge in [-0.25, -0.2) is 0 Å². The molecule has 0 saturated carbocycles. The van der Waals surface area contributed by atoms with Crippen LogP contribution in [0.2, 0.25) is 0 Å². The Morgan fingerprint density at radius 1 is 0.875 bits per heavy atom. The van der Waals surface area contributed by atoms with Gasteiger partial charge in [0.25, 0.3) is 0 Å². The number of rotatable bonds is 10. The zero-order valence-corrected chi connectivity index (χ0v) is 18.9. The third kappa shape index (κ3) is 7.10. The second-order valence-corrected chi connectivity index (χ2v) is 11.1. The van der Waals surface area contributed by atoms with Gasteiger partial charge >= 0.3 is 10.1 Å². The lowest BCUT2D eigenvalue weighted by atomic mass is 10.0. The minimum atomic E-state index is -5.47. The molecule has 3 aromatic carbocycles. The summed E-state index contributed by atoms with van der Waals surface area (Å²) < 4.78 is 37.5. The van der Waals surface area contributed by atoms with Gasteiger partial charge in [-0.05, 0) is 47.7 Å². The zero-order valence-electron chi connectivity index (χ0n) is 17.2. The van der Waals surface area contributed by atoms with Crippen LogP contribution in [0.4, 0.5) is 0 Å². The van der Waals surface area contributed by atoms with Crippen LogP contribution in [0.15, 0.2) is 78.9 Å². The third-order valence-corrected chi connectivity index (χ3v) is 8.41. The van der Waals surface area contributed by atoms with Crippen LogP contribution in [0.25, 0.3) is 0 Å². The summed E-state index contributed by atoms with van der Waals surface area (Å²) in [6.07, 6.45) is 0.633. The van der Waals surface area contributed by atoms with E-state index in [9.17, 15) is 23.1 Å². The molecular formula is C23H23O7PS-2. The van der Waals surface area contributed by atoms with Crippen LogP contribution in [-0.4, -0.2) is 18.0 Å². The zero-order chi connectivity index (χ0) is 23.2. The van der Waals surface area contributed by atoms with Crippen molar-refractivity contribution in [2.24, 2.45) is 0 Å². The lowest BCUT2D eigenvalue weighted by Gasteiger charge is -2.46. The van der Waals surface area contributed by atoms with Gasteiger partial charge < -0.3 is 19.4 Å². The monoisotopic (exact) mass is 474 g/mol. The molecule has 9 heteroatoms. The summed E-state index contributed by atoms with van der Waals surface area (Å²) in [6.45, 7) is 0. The fraction of sp³-hybridized carbons (Fsp3) is 0.217. The average Bonchev–Trinajstić information content (AvgIpc) is 2.72. The standard InChI is InChI=1S/C23H25O7PS/c24-31(25,26)23(32(27,28)29)15-7-11-19-10-6-13-21(17-19)30-22-14-5-4-12-20(22)16-18-8-2-1-3-9-18/h1-6,8-10,12-14,17,23H,7,11,15-16H2,(H2,24,25,26)(H,27,28,29)/p-2. The molecular weight excluding hydrogens is 451 g/mol. The average molecular weight is 474 g/mol. The summed E-state index contributed by atoms with van der Waals surface area (Å²) in [6, 6.07) is 24.8. The molecule has 0 aliphatic carbocycles. The van der Waals surface area contributed by atoms with Gasteiger partial charge in [-0.15, -0.1) is 7.94 Å². The molecule has 0 bridgehead atoms. The molecule has 0 saturated heterocycles. The van der Waals surface area contributed by atoms with Gasteiger partial charge in [-0.3, -0.25) is 4.55 Å². The van der Waals surface area contributed by atoms with E-state index in [1.807, 2.05) is 54.6 Å². The molecule has 1 unspecified atom stereocenters. The molecule has 1 atom stereocenters. The smallest absolute Gasteiger partial charge is 0.301 e. The van der Waals surface area contributed by atoms with E-state index in [0.29, 0.717) is 24.3 Å². The Balaban J connectivity index is 1.67. The van der Waals surface area contributed by atoms with Crippen molar-refractivity contribution in [2.45, 2.75) is 30.7 Å². The Hall–Kier alpha value is -2.32. The van der Waals surface area contributed by atoms with Crippen LogP contribution in [0.1, 0.15) is 29.5 Å². The Bertz CT molecular complexity index is 1130. The van der Waals surface area contributed by atoms with Crippen LogP contribution in [0.3, 0.4) is 0 Å². The molecule has 0 amide bonds. The van der Waals surface area contributed by atoms with Crippen molar-refractivity contribution in [3.8, 4) is 11.5 Å². The normalized spacial score (nSPS) is 13.0. The number of benzene rings is 3. The van der Waals surface area contributed by atoms with Gasteiger partial charge in [0.2, 0.25) is 0 Å². The Kier molecular flexibility index (Phi) is 8.00.